The number of pyridine rings is 1. The van der Waals surface area contributed by atoms with Crippen LogP contribution >= 0.6 is 0 Å². The molecule has 1 heterocycles. The van der Waals surface area contributed by atoms with E-state index >= 15 is 0 Å². The topological polar surface area (TPSA) is 77.3 Å². The quantitative estimate of drug-likeness (QED) is 0.688. The smallest absolute Gasteiger partial charge is 0.278 e. The second kappa shape index (κ2) is 5.47. The fraction of sp³-hybridized carbons (Fsp3) is 0.0833. The van der Waals surface area contributed by atoms with Crippen LogP contribution in [0, 0.1) is 21.7 Å². The molecule has 0 aliphatic heterocycles. The number of halogens is 2. The van der Waals surface area contributed by atoms with Gasteiger partial charge in [0.05, 0.1) is 17.1 Å². The molecular formula is C12H9F2N3O3. The minimum Gasteiger partial charge on any atom is -0.438 e. The van der Waals surface area contributed by atoms with Crippen molar-refractivity contribution in [1.82, 2.24) is 4.98 Å². The van der Waals surface area contributed by atoms with Gasteiger partial charge < -0.3 is 10.1 Å². The molecule has 0 aliphatic carbocycles. The van der Waals surface area contributed by atoms with E-state index < -0.39 is 16.6 Å². The third kappa shape index (κ3) is 3.16. The zero-order valence-electron chi connectivity index (χ0n) is 10.3. The van der Waals surface area contributed by atoms with Crippen molar-refractivity contribution >= 4 is 11.5 Å². The Morgan fingerprint density at radius 1 is 1.20 bits per heavy atom. The molecule has 0 saturated carbocycles. The monoisotopic (exact) mass is 281 g/mol. The molecule has 8 heteroatoms. The largest absolute Gasteiger partial charge is 0.438 e. The predicted octanol–water partition coefficient (Wildman–Crippen LogP) is 3.10. The van der Waals surface area contributed by atoms with Crippen LogP contribution in [0.1, 0.15) is 0 Å². The number of benzene rings is 1. The molecule has 0 atom stereocenters. The number of hydrogen-bond donors (Lipinski definition) is 1. The second-order valence-corrected chi connectivity index (χ2v) is 3.76. The Labute approximate surface area is 112 Å². The zero-order valence-corrected chi connectivity index (χ0v) is 10.3. The summed E-state index contributed by atoms with van der Waals surface area (Å²) in [5.74, 6) is -1.73. The Balaban J connectivity index is 2.37. The van der Waals surface area contributed by atoms with Crippen molar-refractivity contribution in [3.8, 4) is 11.6 Å². The van der Waals surface area contributed by atoms with Crippen molar-refractivity contribution in [3.05, 3.63) is 52.1 Å². The molecule has 0 radical (unpaired) electrons. The minimum atomic E-state index is -0.820. The van der Waals surface area contributed by atoms with Crippen LogP contribution in [0.25, 0.3) is 0 Å². The number of ether oxygens (including phenoxy) is 1. The van der Waals surface area contributed by atoms with Crippen molar-refractivity contribution in [2.45, 2.75) is 0 Å². The number of nitrogens with one attached hydrogen (secondary N) is 1. The normalized spacial score (nSPS) is 10.2. The summed E-state index contributed by atoms with van der Waals surface area (Å²) < 4.78 is 31.2. The number of aromatic nitrogens is 1. The van der Waals surface area contributed by atoms with E-state index in [0.29, 0.717) is 6.07 Å². The summed E-state index contributed by atoms with van der Waals surface area (Å²) >= 11 is 0. The molecule has 1 aromatic heterocycles. The van der Waals surface area contributed by atoms with Crippen LogP contribution in [0.4, 0.5) is 20.3 Å². The zero-order chi connectivity index (χ0) is 14.7. The van der Waals surface area contributed by atoms with E-state index in [1.807, 2.05) is 0 Å². The minimum absolute atomic E-state index is 0.141. The maximum absolute atomic E-state index is 13.0. The molecule has 20 heavy (non-hydrogen) atoms. The highest BCUT2D eigenvalue weighted by Crippen LogP contribution is 2.27. The lowest BCUT2D eigenvalue weighted by Gasteiger charge is -2.07. The average molecular weight is 281 g/mol. The Kier molecular flexibility index (Phi) is 3.74. The number of rotatable bonds is 4. The SMILES string of the molecule is CNc1cc([N+](=O)[O-])cc(Oc2cc(F)cc(F)c2)n1. The predicted molar refractivity (Wildman–Crippen MR) is 66.9 cm³/mol. The summed E-state index contributed by atoms with van der Waals surface area (Å²) in [7, 11) is 1.53. The molecule has 0 bridgehead atoms. The molecule has 104 valence electrons. The van der Waals surface area contributed by atoms with Crippen LogP contribution in [-0.2, 0) is 0 Å². The first kappa shape index (κ1) is 13.7. The highest BCUT2D eigenvalue weighted by Gasteiger charge is 2.13. The third-order valence-electron chi connectivity index (χ3n) is 2.31. The van der Waals surface area contributed by atoms with Crippen LogP contribution in [0.2, 0.25) is 0 Å². The van der Waals surface area contributed by atoms with E-state index in [9.17, 15) is 18.9 Å². The summed E-state index contributed by atoms with van der Waals surface area (Å²) in [5, 5.41) is 13.4. The Bertz CT molecular complexity index is 644. The lowest BCUT2D eigenvalue weighted by Crippen LogP contribution is -1.98. The molecule has 1 N–H and O–H groups in total. The molecule has 2 rings (SSSR count). The maximum atomic E-state index is 13.0. The maximum Gasteiger partial charge on any atom is 0.278 e. The van der Waals surface area contributed by atoms with Gasteiger partial charge in [-0.05, 0) is 0 Å². The molecule has 6 nitrogen and oxygen atoms in total. The summed E-state index contributed by atoms with van der Waals surface area (Å²) in [4.78, 5) is 14.0. The lowest BCUT2D eigenvalue weighted by atomic mass is 10.3. The van der Waals surface area contributed by atoms with Crippen molar-refractivity contribution in [1.29, 1.82) is 0 Å². The van der Waals surface area contributed by atoms with Gasteiger partial charge in [0.2, 0.25) is 5.88 Å². The Morgan fingerprint density at radius 2 is 1.85 bits per heavy atom. The molecule has 0 fully saturated rings. The third-order valence-corrected chi connectivity index (χ3v) is 2.31. The fourth-order valence-electron chi connectivity index (χ4n) is 1.49. The second-order valence-electron chi connectivity index (χ2n) is 3.76. The highest BCUT2D eigenvalue weighted by molar-refractivity contribution is 5.48. The van der Waals surface area contributed by atoms with Crippen molar-refractivity contribution in [2.24, 2.45) is 0 Å². The molecule has 0 spiro atoms. The number of hydrogen-bond acceptors (Lipinski definition) is 5. The summed E-state index contributed by atoms with van der Waals surface area (Å²) in [6.45, 7) is 0. The van der Waals surface area contributed by atoms with Gasteiger partial charge >= 0.3 is 0 Å². The standard InChI is InChI=1S/C12H9F2N3O3/c1-15-11-5-9(17(18)19)6-12(16-11)20-10-3-7(13)2-8(14)4-10/h2-6H,1H3,(H,15,16). The van der Waals surface area contributed by atoms with Gasteiger partial charge in [-0.2, -0.15) is 4.98 Å². The van der Waals surface area contributed by atoms with Gasteiger partial charge in [-0.15, -0.1) is 0 Å². The fourth-order valence-corrected chi connectivity index (χ4v) is 1.49. The van der Waals surface area contributed by atoms with E-state index in [4.69, 9.17) is 4.74 Å². The molecule has 0 unspecified atom stereocenters. The average Bonchev–Trinajstić information content (AvgIpc) is 2.36. The van der Waals surface area contributed by atoms with Gasteiger partial charge in [0.1, 0.15) is 23.2 Å². The first-order valence-electron chi connectivity index (χ1n) is 5.46. The van der Waals surface area contributed by atoms with Gasteiger partial charge in [-0.25, -0.2) is 8.78 Å². The first-order chi connectivity index (χ1) is 9.47. The lowest BCUT2D eigenvalue weighted by molar-refractivity contribution is -0.384. The Morgan fingerprint density at radius 3 is 2.40 bits per heavy atom. The molecular weight excluding hydrogens is 272 g/mol. The number of nitro groups is 1. The van der Waals surface area contributed by atoms with Crippen LogP contribution in [0.5, 0.6) is 11.6 Å². The van der Waals surface area contributed by atoms with Crippen LogP contribution in [0.3, 0.4) is 0 Å². The Hall–Kier alpha value is -2.77. The molecule has 1 aromatic carbocycles. The van der Waals surface area contributed by atoms with E-state index in [1.165, 1.54) is 13.1 Å². The number of nitrogens with zero attached hydrogens (tertiary/aromatic N) is 2. The van der Waals surface area contributed by atoms with Gasteiger partial charge in [0.15, 0.2) is 0 Å². The van der Waals surface area contributed by atoms with Crippen molar-refractivity contribution in [2.75, 3.05) is 12.4 Å². The van der Waals surface area contributed by atoms with Crippen LogP contribution in [0.15, 0.2) is 30.3 Å². The van der Waals surface area contributed by atoms with Gasteiger partial charge in [0.25, 0.3) is 5.69 Å². The van der Waals surface area contributed by atoms with E-state index in [0.717, 1.165) is 18.2 Å². The summed E-state index contributed by atoms with van der Waals surface area (Å²) in [6.07, 6.45) is 0. The van der Waals surface area contributed by atoms with Gasteiger partial charge in [0, 0.05) is 25.2 Å². The first-order valence-corrected chi connectivity index (χ1v) is 5.46. The molecule has 0 saturated heterocycles. The summed E-state index contributed by atoms with van der Waals surface area (Å²) in [5.41, 5.74) is -0.253. The van der Waals surface area contributed by atoms with E-state index in [1.54, 1.807) is 0 Å². The molecule has 0 aliphatic rings. The van der Waals surface area contributed by atoms with E-state index in [-0.39, 0.29) is 23.1 Å². The van der Waals surface area contributed by atoms with Gasteiger partial charge in [-0.3, -0.25) is 10.1 Å². The van der Waals surface area contributed by atoms with Crippen LogP contribution in [-0.4, -0.2) is 17.0 Å². The van der Waals surface area contributed by atoms with Gasteiger partial charge in [-0.1, -0.05) is 0 Å². The van der Waals surface area contributed by atoms with Crippen molar-refractivity contribution < 1.29 is 18.4 Å². The number of anilines is 1. The van der Waals surface area contributed by atoms with Crippen molar-refractivity contribution in [3.63, 3.8) is 0 Å². The highest BCUT2D eigenvalue weighted by atomic mass is 19.1. The summed E-state index contributed by atoms with van der Waals surface area (Å²) in [6, 6.07) is 4.85. The van der Waals surface area contributed by atoms with E-state index in [2.05, 4.69) is 10.3 Å². The van der Waals surface area contributed by atoms with Crippen LogP contribution < -0.4 is 10.1 Å². The molecule has 2 aromatic rings. The molecule has 0 amide bonds.